The summed E-state index contributed by atoms with van der Waals surface area (Å²) >= 11 is 0. The molecule has 13 aromatic rings. The van der Waals surface area contributed by atoms with Gasteiger partial charge in [-0.25, -0.2) is 19.9 Å². The van der Waals surface area contributed by atoms with Crippen molar-refractivity contribution in [1.29, 1.82) is 0 Å². The maximum Gasteiger partial charge on any atom is 0.116 e. The third kappa shape index (κ3) is 6.75. The van der Waals surface area contributed by atoms with Crippen LogP contribution in [-0.4, -0.2) is 28.7 Å². The zero-order chi connectivity index (χ0) is 50.0. The van der Waals surface area contributed by atoms with Crippen LogP contribution >= 0.6 is 0 Å². The van der Waals surface area contributed by atoms with Crippen LogP contribution in [0.15, 0.2) is 146 Å². The Morgan fingerprint density at radius 2 is 0.556 bits per heavy atom. The van der Waals surface area contributed by atoms with E-state index in [1.807, 2.05) is 0 Å². The standard InChI is InChI=1S/C66H60N6/c1-63(2,3)41-21-13-37(14-22-41)49-29-31-53-57(67-49)59-61-47(34-51(69-59)39-17-25-43(26-18-39)65(7,8)9)45-33-46-48-35-52(40-19-27-44(28-20-40)66(10,11)12)70-60-58-54(72(62(48)60)56(46)36-55(45)71(53)61)32-30-50(68-58)38-15-23-42(24-16-38)64(4,5)6/h13-36H,1-12H3. The van der Waals surface area contributed by atoms with Crippen molar-refractivity contribution < 1.29 is 0 Å². The van der Waals surface area contributed by atoms with E-state index in [9.17, 15) is 0 Å². The van der Waals surface area contributed by atoms with Gasteiger partial charge in [0.25, 0.3) is 0 Å². The molecular weight excluding hydrogens is 877 g/mol. The molecule has 0 radical (unpaired) electrons. The van der Waals surface area contributed by atoms with Gasteiger partial charge < -0.3 is 8.80 Å². The summed E-state index contributed by atoms with van der Waals surface area (Å²) in [6.07, 6.45) is 0. The predicted octanol–water partition coefficient (Wildman–Crippen LogP) is 17.4. The molecule has 0 saturated heterocycles. The molecule has 6 heteroatoms. The molecule has 0 saturated carbocycles. The normalized spacial score (nSPS) is 13.3. The molecule has 8 aromatic heterocycles. The Bertz CT molecular complexity index is 4020. The maximum atomic E-state index is 5.54. The highest BCUT2D eigenvalue weighted by Gasteiger charge is 2.27. The van der Waals surface area contributed by atoms with E-state index in [2.05, 4.69) is 237 Å². The number of aromatic nitrogens is 6. The molecule has 0 amide bonds. The van der Waals surface area contributed by atoms with Gasteiger partial charge in [-0.15, -0.1) is 0 Å². The lowest BCUT2D eigenvalue weighted by atomic mass is 9.86. The Morgan fingerprint density at radius 3 is 0.861 bits per heavy atom. The quantitative estimate of drug-likeness (QED) is 0.176. The number of benzene rings is 5. The van der Waals surface area contributed by atoms with Crippen LogP contribution in [0.1, 0.15) is 105 Å². The zero-order valence-corrected chi connectivity index (χ0v) is 43.5. The van der Waals surface area contributed by atoms with Crippen LogP contribution < -0.4 is 0 Å². The summed E-state index contributed by atoms with van der Waals surface area (Å²) < 4.78 is 4.83. The van der Waals surface area contributed by atoms with E-state index in [1.165, 1.54) is 33.0 Å². The first kappa shape index (κ1) is 44.3. The van der Waals surface area contributed by atoms with Crippen molar-refractivity contribution in [1.82, 2.24) is 28.7 Å². The minimum atomic E-state index is 0.0389. The fourth-order valence-corrected chi connectivity index (χ4v) is 11.2. The minimum Gasteiger partial charge on any atom is -0.305 e. The second-order valence-corrected chi connectivity index (χ2v) is 24.5. The van der Waals surface area contributed by atoms with Crippen molar-refractivity contribution in [3.63, 3.8) is 0 Å². The lowest BCUT2D eigenvalue weighted by Crippen LogP contribution is -2.10. The fourth-order valence-electron chi connectivity index (χ4n) is 11.2. The fraction of sp³-hybridized carbons (Fsp3) is 0.242. The number of rotatable bonds is 4. The third-order valence-electron chi connectivity index (χ3n) is 15.5. The van der Waals surface area contributed by atoms with Gasteiger partial charge in [-0.3, -0.25) is 0 Å². The van der Waals surface area contributed by atoms with Crippen molar-refractivity contribution in [3.05, 3.63) is 168 Å². The van der Waals surface area contributed by atoms with Gasteiger partial charge in [0.15, 0.2) is 0 Å². The van der Waals surface area contributed by atoms with Crippen LogP contribution in [0.2, 0.25) is 0 Å². The number of fused-ring (bicyclic) bond motifs is 12. The molecule has 0 spiro atoms. The van der Waals surface area contributed by atoms with Crippen molar-refractivity contribution in [2.45, 2.75) is 105 Å². The van der Waals surface area contributed by atoms with Gasteiger partial charge in [0, 0.05) is 43.8 Å². The Labute approximate surface area is 421 Å². The summed E-state index contributed by atoms with van der Waals surface area (Å²) in [6.45, 7) is 27.1. The number of nitrogens with zero attached hydrogens (tertiary/aromatic N) is 6. The van der Waals surface area contributed by atoms with Crippen molar-refractivity contribution in [3.8, 4) is 45.0 Å². The number of pyridine rings is 4. The molecule has 0 N–H and O–H groups in total. The second kappa shape index (κ2) is 14.9. The smallest absolute Gasteiger partial charge is 0.116 e. The van der Waals surface area contributed by atoms with Crippen LogP contribution in [0.5, 0.6) is 0 Å². The average Bonchev–Trinajstić information content (AvgIpc) is 4.07. The summed E-state index contributed by atoms with van der Waals surface area (Å²) in [5.41, 5.74) is 23.6. The van der Waals surface area contributed by atoms with Gasteiger partial charge >= 0.3 is 0 Å². The van der Waals surface area contributed by atoms with Crippen LogP contribution in [0.4, 0.5) is 0 Å². The molecule has 0 bridgehead atoms. The molecule has 0 fully saturated rings. The first-order chi connectivity index (χ1) is 34.2. The molecule has 0 aliphatic rings. The Hall–Kier alpha value is -7.70. The first-order valence-electron chi connectivity index (χ1n) is 25.5. The van der Waals surface area contributed by atoms with Gasteiger partial charge in [0.2, 0.25) is 0 Å². The SMILES string of the molecule is CC(C)(C)c1ccc(-c2ccc3c(n2)c2nc(-c4ccc(C(C)(C)C)cc4)cc4c5cc6c7cc(-c8ccc(C(C)(C)C)cc8)nc8c9nc(-c%10ccc(C(C)(C)C)cc%10)ccc9n(c6cc5n3c42)c78)cc1. The van der Waals surface area contributed by atoms with E-state index in [-0.39, 0.29) is 21.7 Å². The molecule has 13 rings (SSSR count). The highest BCUT2D eigenvalue weighted by molar-refractivity contribution is 6.28. The Morgan fingerprint density at radius 1 is 0.264 bits per heavy atom. The lowest BCUT2D eigenvalue weighted by Gasteiger charge is -2.19. The summed E-state index contributed by atoms with van der Waals surface area (Å²) in [7, 11) is 0. The van der Waals surface area contributed by atoms with E-state index in [0.717, 1.165) is 111 Å². The van der Waals surface area contributed by atoms with Crippen LogP contribution in [-0.2, 0) is 21.7 Å². The van der Waals surface area contributed by atoms with E-state index in [1.54, 1.807) is 0 Å². The summed E-state index contributed by atoms with van der Waals surface area (Å²) in [6, 6.07) is 54.0. The monoisotopic (exact) mass is 936 g/mol. The topological polar surface area (TPSA) is 60.4 Å². The van der Waals surface area contributed by atoms with Crippen molar-refractivity contribution in [2.24, 2.45) is 0 Å². The molecule has 0 unspecified atom stereocenters. The van der Waals surface area contributed by atoms with E-state index >= 15 is 0 Å². The van der Waals surface area contributed by atoms with E-state index in [0.29, 0.717) is 0 Å². The minimum absolute atomic E-state index is 0.0389. The van der Waals surface area contributed by atoms with Gasteiger partial charge in [-0.1, -0.05) is 180 Å². The third-order valence-corrected chi connectivity index (χ3v) is 15.5. The molecule has 0 atom stereocenters. The van der Waals surface area contributed by atoms with Crippen molar-refractivity contribution in [2.75, 3.05) is 0 Å². The zero-order valence-electron chi connectivity index (χ0n) is 43.5. The molecular formula is C66H60N6. The molecule has 8 heterocycles. The Kier molecular flexibility index (Phi) is 9.17. The number of hydrogen-bond donors (Lipinski definition) is 0. The molecule has 5 aromatic carbocycles. The Balaban J connectivity index is 1.10. The largest absolute Gasteiger partial charge is 0.305 e. The van der Waals surface area contributed by atoms with E-state index in [4.69, 9.17) is 19.9 Å². The summed E-state index contributed by atoms with van der Waals surface area (Å²) in [5, 5.41) is 4.69. The highest BCUT2D eigenvalue weighted by atomic mass is 15.0. The van der Waals surface area contributed by atoms with Gasteiger partial charge in [-0.05, 0) is 92.4 Å². The van der Waals surface area contributed by atoms with Gasteiger partial charge in [-0.2, -0.15) is 0 Å². The van der Waals surface area contributed by atoms with Crippen LogP contribution in [0.3, 0.4) is 0 Å². The molecule has 6 nitrogen and oxygen atoms in total. The average molecular weight is 937 g/mol. The van der Waals surface area contributed by atoms with Gasteiger partial charge in [0.1, 0.15) is 22.1 Å². The van der Waals surface area contributed by atoms with Gasteiger partial charge in [0.05, 0.1) is 55.9 Å². The lowest BCUT2D eigenvalue weighted by molar-refractivity contribution is 0.590. The van der Waals surface area contributed by atoms with Crippen LogP contribution in [0, 0.1) is 0 Å². The predicted molar refractivity (Wildman–Crippen MR) is 303 cm³/mol. The summed E-state index contributed by atoms with van der Waals surface area (Å²) in [5.74, 6) is 0. The van der Waals surface area contributed by atoms with E-state index < -0.39 is 0 Å². The summed E-state index contributed by atoms with van der Waals surface area (Å²) in [4.78, 5) is 22.1. The number of hydrogen-bond acceptors (Lipinski definition) is 4. The maximum absolute atomic E-state index is 5.54. The van der Waals surface area contributed by atoms with Crippen LogP contribution in [0.25, 0.3) is 122 Å². The molecule has 72 heavy (non-hydrogen) atoms. The van der Waals surface area contributed by atoms with Crippen molar-refractivity contribution >= 4 is 76.7 Å². The molecule has 354 valence electrons. The first-order valence-corrected chi connectivity index (χ1v) is 25.5. The second-order valence-electron chi connectivity index (χ2n) is 24.5. The molecule has 0 aliphatic heterocycles. The molecule has 0 aliphatic carbocycles. The highest BCUT2D eigenvalue weighted by Crippen LogP contribution is 2.46.